The Bertz CT molecular complexity index is 823. The minimum atomic E-state index is -0.280. The highest BCUT2D eigenvalue weighted by Gasteiger charge is 2.07. The van der Waals surface area contributed by atoms with Gasteiger partial charge in [-0.15, -0.1) is 5.10 Å². The Hall–Kier alpha value is -3.03. The Balaban J connectivity index is 1.51. The van der Waals surface area contributed by atoms with E-state index in [1.54, 1.807) is 27.7 Å². The molecule has 0 unspecified atom stereocenters. The van der Waals surface area contributed by atoms with Crippen molar-refractivity contribution in [3.05, 3.63) is 59.9 Å². The SMILES string of the molecule is Cc1cnn(CCC(=O)Nc2ncn(Cc3ccc(F)cc3)n2)c1. The number of nitrogens with zero attached hydrogens (tertiary/aromatic N) is 5. The lowest BCUT2D eigenvalue weighted by atomic mass is 10.2. The molecule has 7 nitrogen and oxygen atoms in total. The molecule has 0 saturated heterocycles. The van der Waals surface area contributed by atoms with E-state index in [9.17, 15) is 9.18 Å². The summed E-state index contributed by atoms with van der Waals surface area (Å²) in [4.78, 5) is 16.0. The summed E-state index contributed by atoms with van der Waals surface area (Å²) in [6, 6.07) is 6.15. The van der Waals surface area contributed by atoms with Crippen molar-refractivity contribution < 1.29 is 9.18 Å². The number of aryl methyl sites for hydroxylation is 2. The normalized spacial score (nSPS) is 10.8. The van der Waals surface area contributed by atoms with E-state index in [0.717, 1.165) is 11.1 Å². The van der Waals surface area contributed by atoms with Crippen LogP contribution >= 0.6 is 0 Å². The second-order valence-electron chi connectivity index (χ2n) is 5.47. The van der Waals surface area contributed by atoms with Crippen LogP contribution in [0.3, 0.4) is 0 Å². The quantitative estimate of drug-likeness (QED) is 0.751. The van der Waals surface area contributed by atoms with Crippen molar-refractivity contribution in [2.45, 2.75) is 26.4 Å². The molecule has 0 aliphatic heterocycles. The van der Waals surface area contributed by atoms with Gasteiger partial charge in [0.05, 0.1) is 12.7 Å². The maximum atomic E-state index is 12.9. The summed E-state index contributed by atoms with van der Waals surface area (Å²) < 4.78 is 16.2. The van der Waals surface area contributed by atoms with Gasteiger partial charge in [0, 0.05) is 19.2 Å². The van der Waals surface area contributed by atoms with Gasteiger partial charge in [0.15, 0.2) is 0 Å². The third kappa shape index (κ3) is 4.25. The van der Waals surface area contributed by atoms with E-state index in [1.165, 1.54) is 18.5 Å². The van der Waals surface area contributed by atoms with Gasteiger partial charge in [-0.3, -0.25) is 14.8 Å². The van der Waals surface area contributed by atoms with E-state index < -0.39 is 0 Å². The van der Waals surface area contributed by atoms with E-state index in [4.69, 9.17) is 0 Å². The Kier molecular flexibility index (Phi) is 4.64. The van der Waals surface area contributed by atoms with Gasteiger partial charge in [0.2, 0.25) is 11.9 Å². The van der Waals surface area contributed by atoms with Gasteiger partial charge in [-0.05, 0) is 30.2 Å². The maximum absolute atomic E-state index is 12.9. The molecule has 0 radical (unpaired) electrons. The van der Waals surface area contributed by atoms with Gasteiger partial charge in [0.25, 0.3) is 0 Å². The van der Waals surface area contributed by atoms with Crippen LogP contribution in [0.2, 0.25) is 0 Å². The van der Waals surface area contributed by atoms with E-state index in [1.807, 2.05) is 13.1 Å². The van der Waals surface area contributed by atoms with Crippen LogP contribution in [-0.2, 0) is 17.9 Å². The minimum Gasteiger partial charge on any atom is -0.293 e. The van der Waals surface area contributed by atoms with Gasteiger partial charge >= 0.3 is 0 Å². The highest BCUT2D eigenvalue weighted by Crippen LogP contribution is 2.06. The molecule has 0 spiro atoms. The molecule has 1 aromatic carbocycles. The number of rotatable bonds is 6. The Morgan fingerprint density at radius 3 is 2.75 bits per heavy atom. The standard InChI is InChI=1S/C16H17FN6O/c1-12-8-19-22(9-12)7-6-15(24)20-16-18-11-23(21-16)10-13-2-4-14(17)5-3-13/h2-5,8-9,11H,6-7,10H2,1H3,(H,20,21,24). The summed E-state index contributed by atoms with van der Waals surface area (Å²) in [7, 11) is 0. The van der Waals surface area contributed by atoms with Crippen molar-refractivity contribution in [3.8, 4) is 0 Å². The first-order valence-electron chi connectivity index (χ1n) is 7.51. The average molecular weight is 328 g/mol. The van der Waals surface area contributed by atoms with Crippen LogP contribution in [0.4, 0.5) is 10.3 Å². The maximum Gasteiger partial charge on any atom is 0.248 e. The Morgan fingerprint density at radius 2 is 2.04 bits per heavy atom. The van der Waals surface area contributed by atoms with Gasteiger partial charge in [-0.1, -0.05) is 12.1 Å². The highest BCUT2D eigenvalue weighted by molar-refractivity contribution is 5.88. The van der Waals surface area contributed by atoms with Gasteiger partial charge in [-0.25, -0.2) is 14.1 Å². The van der Waals surface area contributed by atoms with Gasteiger partial charge in [-0.2, -0.15) is 5.10 Å². The van der Waals surface area contributed by atoms with Crippen molar-refractivity contribution in [1.29, 1.82) is 0 Å². The number of carbonyl (C=O) groups excluding carboxylic acids is 1. The molecule has 0 aliphatic rings. The van der Waals surface area contributed by atoms with Crippen LogP contribution in [0.25, 0.3) is 0 Å². The predicted octanol–water partition coefficient (Wildman–Crippen LogP) is 2.00. The van der Waals surface area contributed by atoms with Crippen LogP contribution in [0.5, 0.6) is 0 Å². The smallest absolute Gasteiger partial charge is 0.248 e. The van der Waals surface area contributed by atoms with Crippen LogP contribution < -0.4 is 5.32 Å². The molecule has 0 fully saturated rings. The minimum absolute atomic E-state index is 0.178. The average Bonchev–Trinajstić information content (AvgIpc) is 3.17. The number of benzene rings is 1. The number of halogens is 1. The van der Waals surface area contributed by atoms with Crippen molar-refractivity contribution in [2.24, 2.45) is 0 Å². The highest BCUT2D eigenvalue weighted by atomic mass is 19.1. The second kappa shape index (κ2) is 7.03. The van der Waals surface area contributed by atoms with Crippen LogP contribution in [0, 0.1) is 12.7 Å². The third-order valence-electron chi connectivity index (χ3n) is 3.38. The fraction of sp³-hybridized carbons (Fsp3) is 0.250. The van der Waals surface area contributed by atoms with Crippen LogP contribution in [-0.4, -0.2) is 30.5 Å². The molecule has 1 N–H and O–H groups in total. The summed E-state index contributed by atoms with van der Waals surface area (Å²) in [6.07, 6.45) is 5.43. The molecule has 124 valence electrons. The van der Waals surface area contributed by atoms with Crippen molar-refractivity contribution in [2.75, 3.05) is 5.32 Å². The molecule has 24 heavy (non-hydrogen) atoms. The zero-order valence-electron chi connectivity index (χ0n) is 13.2. The van der Waals surface area contributed by atoms with Gasteiger partial charge < -0.3 is 0 Å². The molecular weight excluding hydrogens is 311 g/mol. The monoisotopic (exact) mass is 328 g/mol. The fourth-order valence-electron chi connectivity index (χ4n) is 2.20. The molecule has 2 heterocycles. The summed E-state index contributed by atoms with van der Waals surface area (Å²) >= 11 is 0. The number of nitrogens with one attached hydrogen (secondary N) is 1. The van der Waals surface area contributed by atoms with E-state index in [2.05, 4.69) is 20.5 Å². The van der Waals surface area contributed by atoms with Crippen LogP contribution in [0.15, 0.2) is 43.0 Å². The van der Waals surface area contributed by atoms with Gasteiger partial charge in [0.1, 0.15) is 12.1 Å². The lowest BCUT2D eigenvalue weighted by molar-refractivity contribution is -0.116. The number of amides is 1. The summed E-state index contributed by atoms with van der Waals surface area (Å²) in [5.41, 5.74) is 1.95. The number of hydrogen-bond acceptors (Lipinski definition) is 4. The third-order valence-corrected chi connectivity index (χ3v) is 3.38. The molecule has 2 aromatic heterocycles. The van der Waals surface area contributed by atoms with Crippen molar-refractivity contribution in [1.82, 2.24) is 24.5 Å². The number of hydrogen-bond donors (Lipinski definition) is 1. The number of carbonyl (C=O) groups is 1. The molecule has 1 amide bonds. The van der Waals surface area contributed by atoms with Crippen molar-refractivity contribution >= 4 is 11.9 Å². The zero-order valence-corrected chi connectivity index (χ0v) is 13.2. The van der Waals surface area contributed by atoms with Crippen LogP contribution in [0.1, 0.15) is 17.5 Å². The lowest BCUT2D eigenvalue weighted by Crippen LogP contribution is -2.16. The molecule has 0 bridgehead atoms. The first-order chi connectivity index (χ1) is 11.6. The fourth-order valence-corrected chi connectivity index (χ4v) is 2.20. The molecule has 0 aliphatic carbocycles. The Labute approximate surface area is 138 Å². The molecule has 3 aromatic rings. The Morgan fingerprint density at radius 1 is 1.25 bits per heavy atom. The number of anilines is 1. The first-order valence-corrected chi connectivity index (χ1v) is 7.51. The second-order valence-corrected chi connectivity index (χ2v) is 5.47. The number of aromatic nitrogens is 5. The summed E-state index contributed by atoms with van der Waals surface area (Å²) in [6.45, 7) is 2.90. The molecule has 0 atom stereocenters. The van der Waals surface area contributed by atoms with E-state index in [-0.39, 0.29) is 24.1 Å². The molecule has 8 heteroatoms. The van der Waals surface area contributed by atoms with Crippen molar-refractivity contribution in [3.63, 3.8) is 0 Å². The summed E-state index contributed by atoms with van der Waals surface area (Å²) in [5.74, 6) is -0.209. The largest absolute Gasteiger partial charge is 0.293 e. The topological polar surface area (TPSA) is 77.6 Å². The van der Waals surface area contributed by atoms with E-state index >= 15 is 0 Å². The predicted molar refractivity (Wildman–Crippen MR) is 85.7 cm³/mol. The van der Waals surface area contributed by atoms with E-state index in [0.29, 0.717) is 13.1 Å². The first kappa shape index (κ1) is 15.9. The molecular formula is C16H17FN6O. The molecule has 3 rings (SSSR count). The summed E-state index contributed by atoms with van der Waals surface area (Å²) in [5, 5.41) is 11.0. The zero-order chi connectivity index (χ0) is 16.9. The lowest BCUT2D eigenvalue weighted by Gasteiger charge is -2.02. The molecule has 0 saturated carbocycles.